The smallest absolute Gasteiger partial charge is 0.453 e. The number of methoxy groups -OCH3 is 1. The normalized spacial score (nSPS) is 13.7. The van der Waals surface area contributed by atoms with Gasteiger partial charge in [-0.15, -0.1) is 5.10 Å². The van der Waals surface area contributed by atoms with Gasteiger partial charge in [-0.05, 0) is 162 Å². The molecule has 24 heteroatoms. The third-order valence-corrected chi connectivity index (χ3v) is 12.9. The fourth-order valence-corrected chi connectivity index (χ4v) is 9.25. The first-order valence-corrected chi connectivity index (χ1v) is 26.8. The Balaban J connectivity index is 0.000000224. The van der Waals surface area contributed by atoms with E-state index in [1.807, 2.05) is 59.4 Å². The van der Waals surface area contributed by atoms with Crippen LogP contribution in [0.3, 0.4) is 0 Å². The van der Waals surface area contributed by atoms with Crippen molar-refractivity contribution in [2.75, 3.05) is 13.7 Å². The predicted molar refractivity (Wildman–Crippen MR) is 293 cm³/mol. The Morgan fingerprint density at radius 2 is 1.27 bits per heavy atom. The molecule has 1 aliphatic carbocycles. The van der Waals surface area contributed by atoms with E-state index in [-0.39, 0.29) is 47.8 Å². The number of hydrogen-bond acceptors (Lipinski definition) is 9. The summed E-state index contributed by atoms with van der Waals surface area (Å²) in [4.78, 5) is 5.20. The monoisotopic (exact) mass is 1170 g/mol. The summed E-state index contributed by atoms with van der Waals surface area (Å²) < 4.78 is 156. The quantitative estimate of drug-likeness (QED) is 0.103. The van der Waals surface area contributed by atoms with Crippen molar-refractivity contribution in [2.24, 2.45) is 0 Å². The Bertz CT molecular complexity index is 3180. The minimum atomic E-state index is -4.57. The number of rotatable bonds is 9. The molecule has 0 atom stereocenters. The van der Waals surface area contributed by atoms with E-state index in [0.29, 0.717) is 48.1 Å². The van der Waals surface area contributed by atoms with Crippen molar-refractivity contribution in [1.82, 2.24) is 49.0 Å². The summed E-state index contributed by atoms with van der Waals surface area (Å²) >= 11 is 0. The van der Waals surface area contributed by atoms with Crippen LogP contribution in [0, 0.1) is 25.2 Å². The largest absolute Gasteiger partial charge is 0.497 e. The molecule has 0 N–H and O–H groups in total. The summed E-state index contributed by atoms with van der Waals surface area (Å²) in [5.74, 6) is 1.16. The molecule has 0 saturated heterocycles. The Hall–Kier alpha value is -6.93. The number of nitrogens with zero attached hydrogens (tertiary/aromatic N) is 11. The fraction of sp³-hybridized carbons (Fsp3) is 0.552. The predicted octanol–water partition coefficient (Wildman–Crippen LogP) is 16.7. The van der Waals surface area contributed by atoms with Crippen LogP contribution in [0.5, 0.6) is 5.75 Å². The molecular formula is C58H76F11N11O2. The highest BCUT2D eigenvalue weighted by Crippen LogP contribution is 2.39. The van der Waals surface area contributed by atoms with Crippen molar-refractivity contribution in [2.45, 2.75) is 197 Å². The molecule has 13 nitrogen and oxygen atoms in total. The Labute approximate surface area is 472 Å². The molecule has 5 heterocycles. The molecule has 452 valence electrons. The average molecular weight is 1170 g/mol. The topological polar surface area (TPSA) is 130 Å². The van der Waals surface area contributed by atoms with Crippen molar-refractivity contribution in [1.29, 1.82) is 5.26 Å². The molecule has 0 spiro atoms. The first kappa shape index (κ1) is 67.6. The Kier molecular flexibility index (Phi) is 22.2. The molecule has 0 bridgehead atoms. The van der Waals surface area contributed by atoms with E-state index in [4.69, 9.17) is 14.7 Å². The average Bonchev–Trinajstić information content (AvgIpc) is 4.16. The number of aryl methyl sites for hydroxylation is 1. The van der Waals surface area contributed by atoms with Crippen molar-refractivity contribution < 1.29 is 57.8 Å². The number of benzene rings is 2. The molecule has 0 amide bonds. The van der Waals surface area contributed by atoms with Crippen LogP contribution in [0.15, 0.2) is 55.4 Å². The molecule has 8 rings (SSSR count). The minimum absolute atomic E-state index is 0.0513. The molecule has 4 aromatic heterocycles. The van der Waals surface area contributed by atoms with Crippen molar-refractivity contribution >= 4 is 16.3 Å². The number of ether oxygens (including phenoxy) is 2. The van der Waals surface area contributed by atoms with Crippen LogP contribution in [0.25, 0.3) is 16.3 Å². The number of fused-ring (bicyclic) bond motifs is 3. The molecule has 0 saturated carbocycles. The van der Waals surface area contributed by atoms with Gasteiger partial charge in [-0.2, -0.15) is 60.1 Å². The van der Waals surface area contributed by atoms with Crippen LogP contribution >= 0.6 is 0 Å². The van der Waals surface area contributed by atoms with E-state index in [9.17, 15) is 48.3 Å². The van der Waals surface area contributed by atoms with Crippen LogP contribution in [0.2, 0.25) is 0 Å². The number of halogens is 11. The molecule has 6 aromatic rings. The number of aromatic nitrogens is 9. The van der Waals surface area contributed by atoms with E-state index in [1.54, 1.807) is 45.6 Å². The summed E-state index contributed by atoms with van der Waals surface area (Å²) in [6.45, 7) is 36.2. The van der Waals surface area contributed by atoms with Crippen LogP contribution in [0.4, 0.5) is 48.3 Å². The third-order valence-electron chi connectivity index (χ3n) is 12.9. The number of nitriles is 1. The summed E-state index contributed by atoms with van der Waals surface area (Å²) in [5.41, 5.74) is 2.31. The lowest BCUT2D eigenvalue weighted by atomic mass is 9.92. The summed E-state index contributed by atoms with van der Waals surface area (Å²) in [6, 6.07) is 13.9. The van der Waals surface area contributed by atoms with E-state index >= 15 is 0 Å². The third kappa shape index (κ3) is 16.9. The molecule has 0 unspecified atom stereocenters. The van der Waals surface area contributed by atoms with Crippen LogP contribution in [-0.2, 0) is 42.7 Å². The van der Waals surface area contributed by atoms with Gasteiger partial charge in [0.1, 0.15) is 34.5 Å². The second kappa shape index (κ2) is 27.0. The van der Waals surface area contributed by atoms with E-state index < -0.39 is 53.3 Å². The van der Waals surface area contributed by atoms with Gasteiger partial charge in [0.05, 0.1) is 30.7 Å². The first-order valence-electron chi connectivity index (χ1n) is 26.8. The standard InChI is InChI=1S/C16H24F3N3O.C14H16O.C12H16F2N2.C9H10F3N3.C7H10F3N3/c1-10(2)22-13-9-21(11(3)23-15(4,5)6)8-7-12(13)14(20-22)16(17,18)19;1-10(2)13-6-4-5-11-7-8-12(15-3)9-14(11)13;1-7(2)16-11-8(3)5-4-6-9(11)10(15-16)12(13)14;1-5(2)15-6(3)7(4-13)8(14-15)9(10,11)12;1-4(2)13-5(3)11-6(12-13)7(8,9)10/h10H,3,7-9H2,1-2,4-6H3;4-10H,1-3H3;7,12H,3-6H2,1-2H3;5H,1-3H3;4H,1-3H3. The lowest BCUT2D eigenvalue weighted by Gasteiger charge is -2.34. The van der Waals surface area contributed by atoms with Gasteiger partial charge in [-0.1, -0.05) is 44.7 Å². The van der Waals surface area contributed by atoms with Crippen molar-refractivity contribution in [3.8, 4) is 11.8 Å². The Morgan fingerprint density at radius 3 is 1.72 bits per heavy atom. The molecule has 2 aliphatic rings. The van der Waals surface area contributed by atoms with Gasteiger partial charge in [0.25, 0.3) is 12.2 Å². The highest BCUT2D eigenvalue weighted by Gasteiger charge is 2.42. The summed E-state index contributed by atoms with van der Waals surface area (Å²) in [7, 11) is 1.71. The SMILES string of the molecule is C=C(OC(C)(C)C)N1CCc2c(C(F)(F)F)nn(C(C)C)c2C1.C=C1CCCc2c(C(F)F)nn(C(C)C)c21.COc1ccc2cccc(C(C)C)c2c1.Cc1c(C#N)c(C(F)(F)F)nn1C(C)C.Cc1nc(C(F)(F)F)nn1C(C)C. The number of allylic oxidation sites excluding steroid dienone is 1. The van der Waals surface area contributed by atoms with Gasteiger partial charge in [0.15, 0.2) is 17.3 Å². The number of hydrogen-bond donors (Lipinski definition) is 0. The molecule has 82 heavy (non-hydrogen) atoms. The van der Waals surface area contributed by atoms with Crippen LogP contribution in [-0.4, -0.2) is 68.3 Å². The Morgan fingerprint density at radius 1 is 0.695 bits per heavy atom. The zero-order valence-corrected chi connectivity index (χ0v) is 49.5. The molecule has 0 fully saturated rings. The molecule has 2 aromatic carbocycles. The van der Waals surface area contributed by atoms with Crippen LogP contribution in [0.1, 0.15) is 207 Å². The maximum Gasteiger partial charge on any atom is 0.453 e. The lowest BCUT2D eigenvalue weighted by molar-refractivity contribution is -0.145. The van der Waals surface area contributed by atoms with Crippen molar-refractivity contribution in [3.05, 3.63) is 124 Å². The van der Waals surface area contributed by atoms with Gasteiger partial charge in [-0.3, -0.25) is 14.0 Å². The molecular weight excluding hydrogens is 1090 g/mol. The highest BCUT2D eigenvalue weighted by molar-refractivity contribution is 5.87. The van der Waals surface area contributed by atoms with Gasteiger partial charge in [0.2, 0.25) is 0 Å². The minimum Gasteiger partial charge on any atom is -0.497 e. The molecule has 0 radical (unpaired) electrons. The number of alkyl halides is 11. The molecule has 1 aliphatic heterocycles. The van der Waals surface area contributed by atoms with Gasteiger partial charge in [-0.25, -0.2) is 18.4 Å². The zero-order valence-electron chi connectivity index (χ0n) is 49.5. The van der Waals surface area contributed by atoms with E-state index in [2.05, 4.69) is 82.7 Å². The summed E-state index contributed by atoms with van der Waals surface area (Å²) in [5, 5.41) is 25.9. The maximum absolute atomic E-state index is 13.2. The van der Waals surface area contributed by atoms with Gasteiger partial charge < -0.3 is 14.4 Å². The van der Waals surface area contributed by atoms with E-state index in [0.717, 1.165) is 29.9 Å². The van der Waals surface area contributed by atoms with Gasteiger partial charge in [0, 0.05) is 41.8 Å². The second-order valence-electron chi connectivity index (χ2n) is 22.2. The zero-order chi connectivity index (χ0) is 62.3. The van der Waals surface area contributed by atoms with E-state index in [1.165, 1.54) is 44.2 Å². The van der Waals surface area contributed by atoms with Gasteiger partial charge >= 0.3 is 18.5 Å². The van der Waals surface area contributed by atoms with Crippen LogP contribution < -0.4 is 4.74 Å². The first-order chi connectivity index (χ1) is 37.7. The highest BCUT2D eigenvalue weighted by atomic mass is 19.4. The summed E-state index contributed by atoms with van der Waals surface area (Å²) in [6.07, 6.45) is -13.2. The maximum atomic E-state index is 13.2. The fourth-order valence-electron chi connectivity index (χ4n) is 9.25. The second-order valence-corrected chi connectivity index (χ2v) is 22.2. The van der Waals surface area contributed by atoms with Crippen molar-refractivity contribution in [3.63, 3.8) is 0 Å². The lowest BCUT2D eigenvalue weighted by Crippen LogP contribution is -2.35.